The lowest BCUT2D eigenvalue weighted by molar-refractivity contribution is 0.0938. The zero-order valence-corrected chi connectivity index (χ0v) is 18.5. The van der Waals surface area contributed by atoms with E-state index in [2.05, 4.69) is 40.4 Å². The minimum absolute atomic E-state index is 0.270. The van der Waals surface area contributed by atoms with Crippen LogP contribution in [-0.4, -0.2) is 38.7 Å². The molecule has 2 amide bonds. The van der Waals surface area contributed by atoms with Crippen LogP contribution in [-0.2, 0) is 4.74 Å². The largest absolute Gasteiger partial charge is 0.492 e. The Morgan fingerprint density at radius 2 is 1.83 bits per heavy atom. The second-order valence-corrected chi connectivity index (χ2v) is 7.78. The summed E-state index contributed by atoms with van der Waals surface area (Å²) in [4.78, 5) is 25.1. The highest BCUT2D eigenvalue weighted by Crippen LogP contribution is 2.27. The molecule has 0 fully saturated rings. The first-order valence-corrected chi connectivity index (χ1v) is 10.3. The fourth-order valence-electron chi connectivity index (χ4n) is 2.51. The summed E-state index contributed by atoms with van der Waals surface area (Å²) in [7, 11) is 1.57. The minimum Gasteiger partial charge on any atom is -0.492 e. The molecule has 0 bridgehead atoms. The number of methoxy groups -OCH3 is 1. The summed E-state index contributed by atoms with van der Waals surface area (Å²) < 4.78 is 11.4. The third-order valence-electron chi connectivity index (χ3n) is 4.16. The second kappa shape index (κ2) is 11.6. The molecule has 0 saturated heterocycles. The second-order valence-electron chi connectivity index (χ2n) is 6.92. The number of halogens is 1. The monoisotopic (exact) mass is 462 g/mol. The highest BCUT2D eigenvalue weighted by Gasteiger charge is 2.15. The fourth-order valence-corrected chi connectivity index (χ4v) is 3.00. The van der Waals surface area contributed by atoms with Crippen LogP contribution in [0.2, 0.25) is 0 Å². The molecule has 0 radical (unpaired) electrons. The summed E-state index contributed by atoms with van der Waals surface area (Å²) in [5.74, 6) is 0.676. The van der Waals surface area contributed by atoms with E-state index in [0.717, 1.165) is 6.42 Å². The van der Waals surface area contributed by atoms with Gasteiger partial charge in [0.15, 0.2) is 0 Å². The topological polar surface area (TPSA) is 76.7 Å². The van der Waals surface area contributed by atoms with Gasteiger partial charge in [-0.1, -0.05) is 26.0 Å². The number of rotatable bonds is 10. The van der Waals surface area contributed by atoms with Crippen molar-refractivity contribution < 1.29 is 19.1 Å². The number of amides is 2. The Bertz CT molecular complexity index is 839. The standard InChI is InChI=1S/C22H27BrN2O4/c1-15(2)10-12-29-20-9-8-16(14-18(20)23)21(26)25-19-7-5-4-6-17(19)22(27)24-11-13-28-3/h4-9,14-15H,10-13H2,1-3H3,(H,24,27)(H,25,26). The van der Waals surface area contributed by atoms with Crippen LogP contribution in [0.1, 0.15) is 41.0 Å². The highest BCUT2D eigenvalue weighted by atomic mass is 79.9. The maximum atomic E-state index is 12.7. The van der Waals surface area contributed by atoms with E-state index in [4.69, 9.17) is 9.47 Å². The van der Waals surface area contributed by atoms with E-state index in [1.165, 1.54) is 0 Å². The quantitative estimate of drug-likeness (QED) is 0.509. The van der Waals surface area contributed by atoms with Gasteiger partial charge in [0.2, 0.25) is 0 Å². The normalized spacial score (nSPS) is 10.7. The number of carbonyl (C=O) groups excluding carboxylic acids is 2. The van der Waals surface area contributed by atoms with Crippen LogP contribution in [0.15, 0.2) is 46.9 Å². The first-order valence-electron chi connectivity index (χ1n) is 9.52. The first-order chi connectivity index (χ1) is 13.9. The molecule has 0 atom stereocenters. The van der Waals surface area contributed by atoms with Crippen LogP contribution in [0.25, 0.3) is 0 Å². The molecule has 6 nitrogen and oxygen atoms in total. The number of carbonyl (C=O) groups is 2. The van der Waals surface area contributed by atoms with Gasteiger partial charge in [0.1, 0.15) is 5.75 Å². The lowest BCUT2D eigenvalue weighted by Crippen LogP contribution is -2.28. The first kappa shape index (κ1) is 22.9. The summed E-state index contributed by atoms with van der Waals surface area (Å²) >= 11 is 3.46. The Labute approximate surface area is 180 Å². The van der Waals surface area contributed by atoms with Gasteiger partial charge in [0.25, 0.3) is 11.8 Å². The van der Waals surface area contributed by atoms with E-state index in [1.54, 1.807) is 49.6 Å². The molecule has 156 valence electrons. The molecule has 0 heterocycles. The predicted octanol–water partition coefficient (Wildman–Crippen LogP) is 4.50. The number of ether oxygens (including phenoxy) is 2. The summed E-state index contributed by atoms with van der Waals surface area (Å²) in [5, 5.41) is 5.57. The average molecular weight is 463 g/mol. The van der Waals surface area contributed by atoms with Gasteiger partial charge in [0, 0.05) is 19.2 Å². The van der Waals surface area contributed by atoms with Crippen LogP contribution < -0.4 is 15.4 Å². The van der Waals surface area contributed by atoms with Gasteiger partial charge < -0.3 is 20.1 Å². The molecule has 0 aliphatic heterocycles. The number of para-hydroxylation sites is 1. The summed E-state index contributed by atoms with van der Waals surface area (Å²) in [6, 6.07) is 12.1. The molecule has 0 aliphatic carbocycles. The van der Waals surface area contributed by atoms with Crippen molar-refractivity contribution >= 4 is 33.4 Å². The van der Waals surface area contributed by atoms with Crippen molar-refractivity contribution in [2.24, 2.45) is 5.92 Å². The van der Waals surface area contributed by atoms with Crippen LogP contribution in [0.4, 0.5) is 5.69 Å². The average Bonchev–Trinajstić information content (AvgIpc) is 2.69. The van der Waals surface area contributed by atoms with E-state index in [-0.39, 0.29) is 11.8 Å². The molecule has 29 heavy (non-hydrogen) atoms. The van der Waals surface area contributed by atoms with E-state index in [0.29, 0.717) is 52.7 Å². The van der Waals surface area contributed by atoms with Gasteiger partial charge in [-0.05, 0) is 58.6 Å². The molecule has 2 aromatic rings. The molecular formula is C22H27BrN2O4. The number of nitrogens with one attached hydrogen (secondary N) is 2. The van der Waals surface area contributed by atoms with Crippen molar-refractivity contribution in [1.29, 1.82) is 0 Å². The van der Waals surface area contributed by atoms with E-state index >= 15 is 0 Å². The van der Waals surface area contributed by atoms with Crippen molar-refractivity contribution in [2.75, 3.05) is 32.2 Å². The Morgan fingerprint density at radius 3 is 2.52 bits per heavy atom. The number of anilines is 1. The Balaban J connectivity index is 2.07. The summed E-state index contributed by atoms with van der Waals surface area (Å²) in [6.45, 7) is 5.71. The molecule has 0 spiro atoms. The highest BCUT2D eigenvalue weighted by molar-refractivity contribution is 9.10. The molecule has 2 aromatic carbocycles. The SMILES string of the molecule is COCCNC(=O)c1ccccc1NC(=O)c1ccc(OCCC(C)C)c(Br)c1. The van der Waals surface area contributed by atoms with Crippen LogP contribution in [0.5, 0.6) is 5.75 Å². The zero-order chi connectivity index (χ0) is 21.2. The van der Waals surface area contributed by atoms with Gasteiger partial charge in [-0.25, -0.2) is 0 Å². The third kappa shape index (κ3) is 7.18. The Morgan fingerprint density at radius 1 is 1.07 bits per heavy atom. The number of hydrogen-bond donors (Lipinski definition) is 2. The van der Waals surface area contributed by atoms with Crippen molar-refractivity contribution in [3.8, 4) is 5.75 Å². The minimum atomic E-state index is -0.309. The maximum absolute atomic E-state index is 12.7. The van der Waals surface area contributed by atoms with Crippen molar-refractivity contribution in [3.63, 3.8) is 0 Å². The lowest BCUT2D eigenvalue weighted by atomic mass is 10.1. The van der Waals surface area contributed by atoms with E-state index < -0.39 is 0 Å². The molecule has 0 aromatic heterocycles. The third-order valence-corrected chi connectivity index (χ3v) is 4.78. The summed E-state index contributed by atoms with van der Waals surface area (Å²) in [6.07, 6.45) is 0.956. The van der Waals surface area contributed by atoms with Crippen LogP contribution in [0.3, 0.4) is 0 Å². The van der Waals surface area contributed by atoms with Crippen molar-refractivity contribution in [2.45, 2.75) is 20.3 Å². The maximum Gasteiger partial charge on any atom is 0.255 e. The fraction of sp³-hybridized carbons (Fsp3) is 0.364. The Kier molecular flexibility index (Phi) is 9.15. The molecule has 0 saturated carbocycles. The van der Waals surface area contributed by atoms with Crippen molar-refractivity contribution in [3.05, 3.63) is 58.1 Å². The predicted molar refractivity (Wildman–Crippen MR) is 118 cm³/mol. The van der Waals surface area contributed by atoms with E-state index in [1.807, 2.05) is 0 Å². The van der Waals surface area contributed by atoms with Crippen LogP contribution in [0, 0.1) is 5.92 Å². The van der Waals surface area contributed by atoms with Gasteiger partial charge in [-0.2, -0.15) is 0 Å². The number of benzene rings is 2. The number of hydrogen-bond acceptors (Lipinski definition) is 4. The molecule has 0 unspecified atom stereocenters. The zero-order valence-electron chi connectivity index (χ0n) is 17.0. The smallest absolute Gasteiger partial charge is 0.255 e. The molecule has 0 aliphatic rings. The van der Waals surface area contributed by atoms with Gasteiger partial charge in [-0.3, -0.25) is 9.59 Å². The molecular weight excluding hydrogens is 436 g/mol. The molecule has 2 rings (SSSR count). The van der Waals surface area contributed by atoms with Crippen LogP contribution >= 0.6 is 15.9 Å². The van der Waals surface area contributed by atoms with Gasteiger partial charge >= 0.3 is 0 Å². The lowest BCUT2D eigenvalue weighted by Gasteiger charge is -2.13. The summed E-state index contributed by atoms with van der Waals surface area (Å²) in [5.41, 5.74) is 1.30. The molecule has 7 heteroatoms. The van der Waals surface area contributed by atoms with Gasteiger partial charge in [0.05, 0.1) is 28.9 Å². The van der Waals surface area contributed by atoms with E-state index in [9.17, 15) is 9.59 Å². The van der Waals surface area contributed by atoms with Crippen molar-refractivity contribution in [1.82, 2.24) is 5.32 Å². The van der Waals surface area contributed by atoms with Gasteiger partial charge in [-0.15, -0.1) is 0 Å². The Hall–Kier alpha value is -2.38. The molecule has 2 N–H and O–H groups in total.